The van der Waals surface area contributed by atoms with Crippen LogP contribution in [0.5, 0.6) is 0 Å². The van der Waals surface area contributed by atoms with E-state index in [4.69, 9.17) is 24.4 Å². The van der Waals surface area contributed by atoms with E-state index < -0.39 is 15.6 Å². The molecule has 0 amide bonds. The fourth-order valence-electron chi connectivity index (χ4n) is 30.4. The lowest BCUT2D eigenvalue weighted by Gasteiger charge is -2.60. The van der Waals surface area contributed by atoms with Gasteiger partial charge in [0.25, 0.3) is 0 Å². The van der Waals surface area contributed by atoms with E-state index in [1.165, 1.54) is 185 Å². The summed E-state index contributed by atoms with van der Waals surface area (Å²) in [5.41, 5.74) is 7.66. The molecule has 10 saturated carbocycles. The van der Waals surface area contributed by atoms with Gasteiger partial charge in [-0.05, 0) is 367 Å². The van der Waals surface area contributed by atoms with Crippen molar-refractivity contribution in [3.05, 3.63) is 65.3 Å². The van der Waals surface area contributed by atoms with Crippen LogP contribution in [0.25, 0.3) is 0 Å². The number of nitrogens with zero attached hydrogens (tertiary/aromatic N) is 1. The van der Waals surface area contributed by atoms with Crippen molar-refractivity contribution in [2.24, 2.45) is 98.6 Å². The molecule has 0 radical (unpaired) electrons. The highest BCUT2D eigenvalue weighted by molar-refractivity contribution is 7.89. The summed E-state index contributed by atoms with van der Waals surface area (Å²) >= 11 is 0. The number of carbonyl (C=O) groups excluding carboxylic acids is 2. The number of epoxide rings is 1. The van der Waals surface area contributed by atoms with E-state index in [1.807, 2.05) is 35.5 Å². The van der Waals surface area contributed by atoms with Gasteiger partial charge in [0, 0.05) is 96.3 Å². The second-order valence-corrected chi connectivity index (χ2v) is 52.2. The minimum absolute atomic E-state index is 0.00160. The number of sulfonamides is 1. The van der Waals surface area contributed by atoms with Gasteiger partial charge in [-0.3, -0.25) is 9.59 Å². The van der Waals surface area contributed by atoms with Crippen LogP contribution in [0.15, 0.2) is 64.6 Å². The van der Waals surface area contributed by atoms with Crippen LogP contribution in [0.2, 0.25) is 0 Å². The molecule has 19 rings (SSSR count). The van der Waals surface area contributed by atoms with Gasteiger partial charge >= 0.3 is 11.9 Å². The van der Waals surface area contributed by atoms with Crippen LogP contribution in [0, 0.1) is 106 Å². The molecule has 1 aromatic carbocycles. The van der Waals surface area contributed by atoms with Gasteiger partial charge in [0.1, 0.15) is 18.8 Å². The van der Waals surface area contributed by atoms with Crippen LogP contribution in [0.3, 0.4) is 0 Å². The second-order valence-electron chi connectivity index (χ2n) is 50.4. The summed E-state index contributed by atoms with van der Waals surface area (Å²) in [5, 5.41) is 49.1. The molecule has 10 aliphatic carbocycles. The number of aliphatic hydroxyl groups is 3. The summed E-state index contributed by atoms with van der Waals surface area (Å²) in [6.07, 6.45) is 47.6. The summed E-state index contributed by atoms with van der Waals surface area (Å²) in [7, 11) is -3.66. The van der Waals surface area contributed by atoms with Gasteiger partial charge in [-0.25, -0.2) is 8.42 Å². The van der Waals surface area contributed by atoms with Gasteiger partial charge in [-0.2, -0.15) is 4.31 Å². The van der Waals surface area contributed by atoms with Crippen LogP contribution in [0.1, 0.15) is 390 Å². The highest BCUT2D eigenvalue weighted by Gasteiger charge is 2.82. The number of allylic oxidation sites excluding steroid dienone is 3. The molecule has 8 aliphatic heterocycles. The Hall–Kier alpha value is -3.11. The largest absolute Gasteiger partial charge is 0.462 e. The van der Waals surface area contributed by atoms with Crippen molar-refractivity contribution in [2.45, 2.75) is 501 Å². The maximum absolute atomic E-state index is 14.4. The van der Waals surface area contributed by atoms with Crippen LogP contribution in [-0.4, -0.2) is 165 Å². The Balaban J connectivity index is 0.000000140. The number of rotatable bonds is 27. The van der Waals surface area contributed by atoms with E-state index in [9.17, 15) is 23.1 Å². The van der Waals surface area contributed by atoms with Crippen LogP contribution >= 0.6 is 0 Å². The van der Waals surface area contributed by atoms with E-state index in [0.717, 1.165) is 147 Å². The predicted octanol–water partition coefficient (Wildman–Crippen LogP) is 21.5. The smallest absolute Gasteiger partial charge is 0.302 e. The zero-order valence-electron chi connectivity index (χ0n) is 86.0. The van der Waals surface area contributed by atoms with Gasteiger partial charge in [0.2, 0.25) is 10.0 Å². The molecule has 8 saturated heterocycles. The number of esters is 2. The number of benzene rings is 1. The molecule has 18 heteroatoms. The first-order valence-corrected chi connectivity index (χ1v) is 54.5. The number of aliphatic hydroxyl groups excluding tert-OH is 3. The standard InChI is InChI=1S/C36H55NO4S.C27H47NO.C12H21NO2.C10H19NO2.C10H19NO.C10H17N.C6H11N/c1-23(2)9-8-10-25(4)30-15-16-31-29-21-33-36(37(33)42(39,40)28-13-11-24(3)12-14-28)22-27(41-26(5)38)17-20-35(36,7)32(29)18-19-34(30,31)6;1-17(2)7-6-8-18(3)21-9-10-22-20-15-24-27(28-24)16-19(29)11-14-26(27,5)23(20)12-13-25(21,22)4;1-9(7-8-15-10(2)14)5-6-11-12(3,4)13-11;1-9(2)7(11-9)4-5-10(3)8(6-12)13-10;1-8(6-7-12)4-5-9-10(2,3)11-9;1-7(2)8-4-5-10(3)9(6-8)11-10;1-2-4-6-5(3-1)7-6/h11-14,23,25,27,29-33H,8-10,15-22H2,1-7H3;17-24,28-29H,6-16H2,1-5H3;7,11,13H,5-6,8H2,1-4H3;7-8,11-12H,4-6H2,1-3H3;6,9,11-12H,4-5,7H2,1-3H3;8-9,11H,1,4-6H2,2-3H3;5-7H,1-4H2/b;;9-7+;;8-6+;;/t25-,27+,29+,30-,31+,32+,33-,34-,35-,36-,37?;18-,19+,20+,21-,22+,23+,24-,25-,26-,27-;;7?,8-,10-;;8-,9?,10?;/m11.0.1./s1. The van der Waals surface area contributed by atoms with Gasteiger partial charge in [-0.1, -0.05) is 168 Å². The lowest BCUT2D eigenvalue weighted by Crippen LogP contribution is -2.59. The first-order valence-electron chi connectivity index (χ1n) is 53.1. The summed E-state index contributed by atoms with van der Waals surface area (Å²) in [5.74, 6) is 9.92. The van der Waals surface area contributed by atoms with E-state index >= 15 is 0 Å². The summed E-state index contributed by atoms with van der Waals surface area (Å²) in [4.78, 5) is 22.9. The first kappa shape index (κ1) is 103. The van der Waals surface area contributed by atoms with Crippen molar-refractivity contribution in [3.63, 3.8) is 0 Å². The maximum Gasteiger partial charge on any atom is 0.302 e. The fourth-order valence-corrected chi connectivity index (χ4v) is 32.5. The van der Waals surface area contributed by atoms with Crippen molar-refractivity contribution >= 4 is 22.0 Å². The summed E-state index contributed by atoms with van der Waals surface area (Å²) < 4.78 is 46.8. The quantitative estimate of drug-likeness (QED) is 0.0225. The zero-order valence-corrected chi connectivity index (χ0v) is 86.8. The molecule has 8 heterocycles. The normalized spacial score (nSPS) is 42.9. The Labute approximate surface area is 785 Å². The Morgan fingerprint density at radius 3 is 1.57 bits per heavy atom. The van der Waals surface area contributed by atoms with Gasteiger partial charge in [0.05, 0.1) is 35.4 Å². The first-order chi connectivity index (χ1) is 60.5. The van der Waals surface area contributed by atoms with Crippen molar-refractivity contribution in [1.82, 2.24) is 36.2 Å². The van der Waals surface area contributed by atoms with Crippen molar-refractivity contribution in [2.75, 3.05) is 19.8 Å². The minimum Gasteiger partial charge on any atom is -0.462 e. The van der Waals surface area contributed by atoms with Gasteiger partial charge in [-0.15, -0.1) is 0 Å². The Morgan fingerprint density at radius 2 is 1.09 bits per heavy atom. The third-order valence-corrected chi connectivity index (χ3v) is 41.4. The topological polar surface area (TPSA) is 295 Å². The van der Waals surface area contributed by atoms with E-state index in [2.05, 4.69) is 184 Å². The molecule has 18 fully saturated rings. The van der Waals surface area contributed by atoms with E-state index in [-0.39, 0.29) is 60.5 Å². The van der Waals surface area contributed by atoms with Crippen LogP contribution in [-0.2, 0) is 33.8 Å². The molecular formula is C111H189N7O10S. The third-order valence-electron chi connectivity index (χ3n) is 39.5. The fraction of sp³-hybridized carbons (Fsp3) is 0.874. The minimum atomic E-state index is -3.66. The molecule has 1 aromatic rings. The number of fused-ring (bicyclic) bond motifs is 10. The number of nitrogens with one attached hydrogen (secondary N) is 6. The van der Waals surface area contributed by atoms with Gasteiger partial charge < -0.3 is 61.4 Å². The number of hydrogen-bond acceptors (Lipinski definition) is 16. The zero-order chi connectivity index (χ0) is 94.0. The molecule has 18 aliphatic rings. The summed E-state index contributed by atoms with van der Waals surface area (Å²) in [6.45, 7) is 58.6. The van der Waals surface area contributed by atoms with E-state index in [1.54, 1.807) is 12.1 Å². The highest BCUT2D eigenvalue weighted by Crippen LogP contribution is 2.77. The molecule has 31 atom stereocenters. The second kappa shape index (κ2) is 40.4. The molecule has 734 valence electrons. The van der Waals surface area contributed by atoms with E-state index in [0.29, 0.717) is 104 Å². The average molecular weight is 1810 g/mol. The average Bonchev–Trinajstić information content (AvgIpc) is 1.46. The molecule has 0 aromatic heterocycles. The van der Waals surface area contributed by atoms with Crippen LogP contribution in [0.4, 0.5) is 0 Å². The third kappa shape index (κ3) is 22.9. The Bertz CT molecular complexity index is 4140. The molecule has 2 spiro atoms. The predicted molar refractivity (Wildman–Crippen MR) is 527 cm³/mol. The van der Waals surface area contributed by atoms with Gasteiger partial charge in [0.15, 0.2) is 0 Å². The molecule has 9 N–H and O–H groups in total. The van der Waals surface area contributed by atoms with Crippen molar-refractivity contribution < 1.29 is 47.5 Å². The van der Waals surface area contributed by atoms with Crippen molar-refractivity contribution in [1.29, 1.82) is 0 Å². The highest BCUT2D eigenvalue weighted by atomic mass is 32.2. The number of aryl methyl sites for hydroxylation is 1. The number of ether oxygens (including phenoxy) is 3. The monoisotopic (exact) mass is 1810 g/mol. The maximum atomic E-state index is 14.4. The molecule has 8 unspecified atom stereocenters. The Kier molecular flexibility index (Phi) is 32.3. The van der Waals surface area contributed by atoms with Crippen molar-refractivity contribution in [3.8, 4) is 0 Å². The molecule has 17 nitrogen and oxygen atoms in total. The molecule has 0 bridgehead atoms. The number of hydrogen-bond donors (Lipinski definition) is 9. The lowest BCUT2D eigenvalue weighted by molar-refractivity contribution is -0.155. The lowest BCUT2D eigenvalue weighted by atomic mass is 9.44. The molecule has 129 heavy (non-hydrogen) atoms. The molecular weight excluding hydrogens is 1620 g/mol. The SMILES string of the molecule is C/C(=C\CO)CCC1NC1(C)C.C1CCC2NC2C1.C=C(C)[C@@H]1CCC2(C)NC2C1.CC(=O)OC/C=C(\C)CCC1NC1(C)C.CC(=O)O[C@H]1CC[C@]2(C)[C@H]3CC[C@]4(C)[C@@H]([C@H](C)CCCC(C)C)CC[C@H]4[C@@H]3C[C@H]3N(S(=O)(=O)c4ccc(C)cc4)[C@]32C1.CC(C)CCC[C@@H](C)[C@H]1CC[C@H]2[C@@H]3C[C@H]4N[C@]45C[C@@H](O)CC[C@]5(C)[C@H]3CC[C@]12C.CC1(C)NC1CC[C@]1(C)O[C@H]1CO. The Morgan fingerprint density at radius 1 is 0.574 bits per heavy atom. The summed E-state index contributed by atoms with van der Waals surface area (Å²) in [6, 6.07) is 12.8. The number of carbonyl (C=O) groups is 2. The van der Waals surface area contributed by atoms with Crippen LogP contribution < -0.4 is 31.9 Å².